The van der Waals surface area contributed by atoms with Crippen LogP contribution in [0.5, 0.6) is 0 Å². The van der Waals surface area contributed by atoms with Gasteiger partial charge in [-0.15, -0.1) is 0 Å². The topological polar surface area (TPSA) is 15.3 Å². The first-order valence-electron chi connectivity index (χ1n) is 6.94. The van der Waals surface area contributed by atoms with Crippen LogP contribution in [0.2, 0.25) is 0 Å². The summed E-state index contributed by atoms with van der Waals surface area (Å²) in [6.45, 7) is 5.32. The van der Waals surface area contributed by atoms with Crippen molar-refractivity contribution in [1.82, 2.24) is 10.2 Å². The number of nitrogens with zero attached hydrogens (tertiary/aromatic N) is 1. The Kier molecular flexibility index (Phi) is 3.35. The molecule has 18 heavy (non-hydrogen) atoms. The van der Waals surface area contributed by atoms with Gasteiger partial charge in [-0.05, 0) is 50.4 Å². The van der Waals surface area contributed by atoms with Gasteiger partial charge in [-0.25, -0.2) is 4.39 Å². The highest BCUT2D eigenvalue weighted by molar-refractivity contribution is 5.17. The molecular formula is C15H21FN2. The number of benzene rings is 1. The zero-order valence-electron chi connectivity index (χ0n) is 10.8. The highest BCUT2D eigenvalue weighted by Crippen LogP contribution is 2.39. The zero-order valence-corrected chi connectivity index (χ0v) is 10.8. The summed E-state index contributed by atoms with van der Waals surface area (Å²) in [5, 5.41) is 3.43. The van der Waals surface area contributed by atoms with Gasteiger partial charge < -0.3 is 5.32 Å². The van der Waals surface area contributed by atoms with Gasteiger partial charge in [0, 0.05) is 18.7 Å². The van der Waals surface area contributed by atoms with E-state index in [0.29, 0.717) is 5.41 Å². The highest BCUT2D eigenvalue weighted by Gasteiger charge is 2.38. The van der Waals surface area contributed by atoms with Gasteiger partial charge in [-0.3, -0.25) is 4.90 Å². The molecule has 2 aliphatic heterocycles. The van der Waals surface area contributed by atoms with Crippen molar-refractivity contribution in [1.29, 1.82) is 0 Å². The number of hydrogen-bond acceptors (Lipinski definition) is 2. The van der Waals surface area contributed by atoms with Crippen molar-refractivity contribution < 1.29 is 4.39 Å². The third kappa shape index (κ3) is 2.43. The minimum absolute atomic E-state index is 0.0660. The monoisotopic (exact) mass is 248 g/mol. The maximum Gasteiger partial charge on any atom is 0.127 e. The molecule has 0 amide bonds. The Balaban J connectivity index is 1.64. The highest BCUT2D eigenvalue weighted by atomic mass is 19.1. The van der Waals surface area contributed by atoms with Crippen LogP contribution in [0.3, 0.4) is 0 Å². The molecule has 0 atom stereocenters. The van der Waals surface area contributed by atoms with Gasteiger partial charge in [0.2, 0.25) is 0 Å². The van der Waals surface area contributed by atoms with Crippen LogP contribution in [0.15, 0.2) is 24.3 Å². The molecule has 0 aromatic heterocycles. The molecule has 1 aromatic carbocycles. The summed E-state index contributed by atoms with van der Waals surface area (Å²) in [7, 11) is 0. The molecule has 2 aliphatic rings. The van der Waals surface area contributed by atoms with Gasteiger partial charge >= 0.3 is 0 Å². The maximum absolute atomic E-state index is 13.6. The lowest BCUT2D eigenvalue weighted by molar-refractivity contribution is 0.193. The molecule has 1 N–H and O–H groups in total. The molecule has 2 saturated heterocycles. The van der Waals surface area contributed by atoms with Gasteiger partial charge in [-0.1, -0.05) is 18.2 Å². The van der Waals surface area contributed by atoms with Crippen LogP contribution < -0.4 is 5.32 Å². The summed E-state index contributed by atoms with van der Waals surface area (Å²) in [6, 6.07) is 7.15. The molecular weight excluding hydrogens is 227 g/mol. The van der Waals surface area contributed by atoms with Crippen molar-refractivity contribution in [3.63, 3.8) is 0 Å². The van der Waals surface area contributed by atoms with E-state index >= 15 is 0 Å². The largest absolute Gasteiger partial charge is 0.317 e. The van der Waals surface area contributed by atoms with E-state index < -0.39 is 0 Å². The fourth-order valence-corrected chi connectivity index (χ4v) is 3.40. The van der Waals surface area contributed by atoms with Gasteiger partial charge in [0.05, 0.1) is 0 Å². The number of likely N-dealkylation sites (tertiary alicyclic amines) is 1. The Labute approximate surface area is 108 Å². The maximum atomic E-state index is 13.6. The molecule has 1 spiro atoms. The molecule has 2 fully saturated rings. The SMILES string of the molecule is Fc1ccccc1CN1CCC2(CCNCC2)C1. The van der Waals surface area contributed by atoms with Crippen LogP contribution in [0.25, 0.3) is 0 Å². The molecule has 1 aromatic rings. The van der Waals surface area contributed by atoms with Crippen LogP contribution in [0.1, 0.15) is 24.8 Å². The van der Waals surface area contributed by atoms with E-state index in [4.69, 9.17) is 0 Å². The summed E-state index contributed by atoms with van der Waals surface area (Å²) < 4.78 is 13.6. The Morgan fingerprint density at radius 3 is 2.72 bits per heavy atom. The van der Waals surface area contributed by atoms with Crippen LogP contribution in [-0.2, 0) is 6.54 Å². The van der Waals surface area contributed by atoms with E-state index in [1.165, 1.54) is 19.3 Å². The standard InChI is InChI=1S/C15H21FN2/c16-14-4-2-1-3-13(14)11-18-10-7-15(12-18)5-8-17-9-6-15/h1-4,17H,5-12H2. The third-order valence-corrected chi connectivity index (χ3v) is 4.53. The second kappa shape index (κ2) is 4.98. The molecule has 2 heterocycles. The number of nitrogens with one attached hydrogen (secondary N) is 1. The summed E-state index contributed by atoms with van der Waals surface area (Å²) in [5.74, 6) is -0.0660. The molecule has 2 nitrogen and oxygen atoms in total. The summed E-state index contributed by atoms with van der Waals surface area (Å²) in [6.07, 6.45) is 3.84. The van der Waals surface area contributed by atoms with E-state index in [2.05, 4.69) is 10.2 Å². The van der Waals surface area contributed by atoms with Crippen molar-refractivity contribution in [2.75, 3.05) is 26.2 Å². The smallest absolute Gasteiger partial charge is 0.127 e. The first kappa shape index (κ1) is 12.1. The first-order chi connectivity index (χ1) is 8.77. The fraction of sp³-hybridized carbons (Fsp3) is 0.600. The lowest BCUT2D eigenvalue weighted by Gasteiger charge is -2.33. The quantitative estimate of drug-likeness (QED) is 0.864. The minimum atomic E-state index is -0.0660. The molecule has 0 bridgehead atoms. The van der Waals surface area contributed by atoms with Crippen molar-refractivity contribution in [2.24, 2.45) is 5.41 Å². The zero-order chi connectivity index (χ0) is 12.4. The van der Waals surface area contributed by atoms with Gasteiger partial charge in [0.25, 0.3) is 0 Å². The average molecular weight is 248 g/mol. The number of hydrogen-bond donors (Lipinski definition) is 1. The van der Waals surface area contributed by atoms with Crippen LogP contribution >= 0.6 is 0 Å². The summed E-state index contributed by atoms with van der Waals surface area (Å²) in [4.78, 5) is 2.42. The van der Waals surface area contributed by atoms with E-state index in [0.717, 1.165) is 38.3 Å². The Hall–Kier alpha value is -0.930. The average Bonchev–Trinajstić information content (AvgIpc) is 2.76. The molecule has 3 heteroatoms. The molecule has 0 aliphatic carbocycles. The lowest BCUT2D eigenvalue weighted by Crippen LogP contribution is -2.38. The summed E-state index contributed by atoms with van der Waals surface area (Å²) in [5.41, 5.74) is 1.35. The van der Waals surface area contributed by atoms with E-state index in [9.17, 15) is 4.39 Å². The Morgan fingerprint density at radius 1 is 1.17 bits per heavy atom. The van der Waals surface area contributed by atoms with Gasteiger partial charge in [-0.2, -0.15) is 0 Å². The molecule has 0 saturated carbocycles. The van der Waals surface area contributed by atoms with Crippen LogP contribution in [0.4, 0.5) is 4.39 Å². The van der Waals surface area contributed by atoms with Crippen molar-refractivity contribution in [2.45, 2.75) is 25.8 Å². The minimum Gasteiger partial charge on any atom is -0.317 e. The van der Waals surface area contributed by atoms with Crippen LogP contribution in [-0.4, -0.2) is 31.1 Å². The third-order valence-electron chi connectivity index (χ3n) is 4.53. The summed E-state index contributed by atoms with van der Waals surface area (Å²) >= 11 is 0. The van der Waals surface area contributed by atoms with Gasteiger partial charge in [0.15, 0.2) is 0 Å². The molecule has 98 valence electrons. The second-order valence-corrected chi connectivity index (χ2v) is 5.80. The predicted octanol–water partition coefficient (Wildman–Crippen LogP) is 2.40. The van der Waals surface area contributed by atoms with Crippen molar-refractivity contribution in [3.8, 4) is 0 Å². The van der Waals surface area contributed by atoms with Crippen molar-refractivity contribution >= 4 is 0 Å². The Morgan fingerprint density at radius 2 is 1.94 bits per heavy atom. The van der Waals surface area contributed by atoms with E-state index in [1.54, 1.807) is 12.1 Å². The fourth-order valence-electron chi connectivity index (χ4n) is 3.40. The van der Waals surface area contributed by atoms with Crippen molar-refractivity contribution in [3.05, 3.63) is 35.6 Å². The van der Waals surface area contributed by atoms with E-state index in [-0.39, 0.29) is 5.82 Å². The first-order valence-corrected chi connectivity index (χ1v) is 6.94. The Bertz CT molecular complexity index is 413. The number of rotatable bonds is 2. The number of halogens is 1. The molecule has 0 radical (unpaired) electrons. The van der Waals surface area contributed by atoms with E-state index in [1.807, 2.05) is 12.1 Å². The normalized spacial score (nSPS) is 23.6. The van der Waals surface area contributed by atoms with Crippen LogP contribution in [0, 0.1) is 11.2 Å². The second-order valence-electron chi connectivity index (χ2n) is 5.80. The number of piperidine rings is 1. The van der Waals surface area contributed by atoms with Gasteiger partial charge in [0.1, 0.15) is 5.82 Å². The predicted molar refractivity (Wildman–Crippen MR) is 70.8 cm³/mol. The molecule has 0 unspecified atom stereocenters. The molecule has 3 rings (SSSR count). The lowest BCUT2D eigenvalue weighted by atomic mass is 9.78.